The van der Waals surface area contributed by atoms with Crippen LogP contribution in [0.1, 0.15) is 18.4 Å². The van der Waals surface area contributed by atoms with Crippen molar-refractivity contribution in [3.63, 3.8) is 0 Å². The zero-order valence-corrected chi connectivity index (χ0v) is 15.7. The van der Waals surface area contributed by atoms with Crippen molar-refractivity contribution < 1.29 is 0 Å². The Morgan fingerprint density at radius 2 is 1.92 bits per heavy atom. The molecule has 6 heteroatoms. The highest BCUT2D eigenvalue weighted by molar-refractivity contribution is 6.32. The first kappa shape index (κ1) is 18.0. The van der Waals surface area contributed by atoms with E-state index >= 15 is 0 Å². The minimum atomic E-state index is 0.484. The Kier molecular flexibility index (Phi) is 6.10. The smallest absolute Gasteiger partial charge is 0.157 e. The maximum absolute atomic E-state index is 6.18. The number of aromatic nitrogens is 2. The van der Waals surface area contributed by atoms with Crippen LogP contribution < -0.4 is 10.2 Å². The molecule has 3 rings (SSSR count). The molecule has 1 fully saturated rings. The summed E-state index contributed by atoms with van der Waals surface area (Å²) >= 11 is 6.18. The molecule has 1 aliphatic heterocycles. The quantitative estimate of drug-likeness (QED) is 0.799. The highest BCUT2D eigenvalue weighted by Crippen LogP contribution is 2.31. The summed E-state index contributed by atoms with van der Waals surface area (Å²) in [7, 11) is 4.07. The number of anilines is 2. The van der Waals surface area contributed by atoms with Crippen molar-refractivity contribution in [2.45, 2.75) is 19.4 Å². The first-order chi connectivity index (χ1) is 12.2. The Labute approximate surface area is 155 Å². The van der Waals surface area contributed by atoms with Gasteiger partial charge in [0.2, 0.25) is 0 Å². The van der Waals surface area contributed by atoms with E-state index in [-0.39, 0.29) is 0 Å². The van der Waals surface area contributed by atoms with Gasteiger partial charge in [0.15, 0.2) is 11.0 Å². The first-order valence-corrected chi connectivity index (χ1v) is 9.21. The lowest BCUT2D eigenvalue weighted by molar-refractivity contribution is 0.242. The molecule has 1 aliphatic rings. The summed E-state index contributed by atoms with van der Waals surface area (Å²) in [5, 5.41) is 3.61. The van der Waals surface area contributed by atoms with Crippen molar-refractivity contribution in [2.24, 2.45) is 5.92 Å². The molecule has 25 heavy (non-hydrogen) atoms. The van der Waals surface area contributed by atoms with Crippen molar-refractivity contribution >= 4 is 23.1 Å². The van der Waals surface area contributed by atoms with E-state index < -0.39 is 0 Å². The van der Waals surface area contributed by atoms with Gasteiger partial charge in [-0.25, -0.2) is 9.97 Å². The second-order valence-electron chi connectivity index (χ2n) is 6.73. The van der Waals surface area contributed by atoms with Crippen LogP contribution in [0.3, 0.4) is 0 Å². The van der Waals surface area contributed by atoms with Crippen molar-refractivity contribution in [1.29, 1.82) is 0 Å². The second kappa shape index (κ2) is 8.50. The summed E-state index contributed by atoms with van der Waals surface area (Å²) in [6, 6.07) is 10.7. The Morgan fingerprint density at radius 1 is 1.20 bits per heavy atom. The minimum Gasteiger partial charge on any atom is -0.383 e. The largest absolute Gasteiger partial charge is 0.383 e. The van der Waals surface area contributed by atoms with Gasteiger partial charge < -0.3 is 15.1 Å². The molecule has 1 N–H and O–H groups in total. The van der Waals surface area contributed by atoms with Crippen LogP contribution in [0.15, 0.2) is 36.7 Å². The van der Waals surface area contributed by atoms with E-state index in [1.54, 1.807) is 0 Å². The van der Waals surface area contributed by atoms with Crippen LogP contribution >= 0.6 is 11.6 Å². The van der Waals surface area contributed by atoms with E-state index in [0.717, 1.165) is 43.6 Å². The van der Waals surface area contributed by atoms with E-state index in [9.17, 15) is 0 Å². The molecule has 1 aromatic carbocycles. The van der Waals surface area contributed by atoms with Gasteiger partial charge in [0.05, 0.1) is 0 Å². The van der Waals surface area contributed by atoms with Gasteiger partial charge in [0.1, 0.15) is 12.0 Å². The maximum Gasteiger partial charge on any atom is 0.157 e. The van der Waals surface area contributed by atoms with Crippen LogP contribution in [0.25, 0.3) is 0 Å². The number of halogens is 1. The monoisotopic (exact) mass is 359 g/mol. The summed E-state index contributed by atoms with van der Waals surface area (Å²) < 4.78 is 0. The summed E-state index contributed by atoms with van der Waals surface area (Å²) in [6.07, 6.45) is 3.88. The molecule has 1 aromatic heterocycles. The molecular formula is C19H26ClN5. The van der Waals surface area contributed by atoms with Crippen LogP contribution in [-0.2, 0) is 6.54 Å². The number of hydrogen-bond donors (Lipinski definition) is 1. The Balaban J connectivity index is 1.53. The topological polar surface area (TPSA) is 44.3 Å². The van der Waals surface area contributed by atoms with Crippen LogP contribution in [0, 0.1) is 5.92 Å². The third-order valence-corrected chi connectivity index (χ3v) is 5.10. The number of piperidine rings is 1. The molecule has 134 valence electrons. The van der Waals surface area contributed by atoms with Crippen LogP contribution in [-0.4, -0.2) is 48.6 Å². The molecule has 0 radical (unpaired) electrons. The van der Waals surface area contributed by atoms with Gasteiger partial charge >= 0.3 is 0 Å². The molecular weight excluding hydrogens is 334 g/mol. The van der Waals surface area contributed by atoms with E-state index in [2.05, 4.69) is 62.5 Å². The number of nitrogens with zero attached hydrogens (tertiary/aromatic N) is 4. The van der Waals surface area contributed by atoms with E-state index in [1.807, 2.05) is 7.05 Å². The SMILES string of the molecule is CNc1c(Cl)ncnc1N1CCC(CN(C)Cc2ccccc2)CC1. The predicted molar refractivity (Wildman–Crippen MR) is 104 cm³/mol. The molecule has 0 amide bonds. The van der Waals surface area contributed by atoms with Gasteiger partial charge in [-0.3, -0.25) is 0 Å². The maximum atomic E-state index is 6.18. The molecule has 0 atom stereocenters. The van der Waals surface area contributed by atoms with E-state index in [1.165, 1.54) is 24.7 Å². The second-order valence-corrected chi connectivity index (χ2v) is 7.08. The van der Waals surface area contributed by atoms with Gasteiger partial charge in [0.25, 0.3) is 0 Å². The predicted octanol–water partition coefficient (Wildman–Crippen LogP) is 3.52. The molecule has 0 aliphatic carbocycles. The molecule has 0 saturated carbocycles. The van der Waals surface area contributed by atoms with E-state index in [4.69, 9.17) is 11.6 Å². The third-order valence-electron chi connectivity index (χ3n) is 4.81. The lowest BCUT2D eigenvalue weighted by Gasteiger charge is -2.35. The zero-order valence-electron chi connectivity index (χ0n) is 15.0. The zero-order chi connectivity index (χ0) is 17.6. The number of hydrogen-bond acceptors (Lipinski definition) is 5. The summed E-state index contributed by atoms with van der Waals surface area (Å²) in [6.45, 7) is 4.15. The summed E-state index contributed by atoms with van der Waals surface area (Å²) in [5.41, 5.74) is 2.19. The molecule has 2 aromatic rings. The minimum absolute atomic E-state index is 0.484. The fraction of sp³-hybridized carbons (Fsp3) is 0.474. The van der Waals surface area contributed by atoms with Crippen molar-refractivity contribution in [3.8, 4) is 0 Å². The van der Waals surface area contributed by atoms with Gasteiger partial charge in [-0.15, -0.1) is 0 Å². The van der Waals surface area contributed by atoms with Crippen molar-refractivity contribution in [2.75, 3.05) is 43.9 Å². The Bertz CT molecular complexity index is 671. The summed E-state index contributed by atoms with van der Waals surface area (Å²) in [4.78, 5) is 13.2. The van der Waals surface area contributed by atoms with Gasteiger partial charge in [-0.1, -0.05) is 41.9 Å². The number of benzene rings is 1. The highest BCUT2D eigenvalue weighted by Gasteiger charge is 2.23. The van der Waals surface area contributed by atoms with Crippen molar-refractivity contribution in [1.82, 2.24) is 14.9 Å². The fourth-order valence-electron chi connectivity index (χ4n) is 3.54. The molecule has 5 nitrogen and oxygen atoms in total. The first-order valence-electron chi connectivity index (χ1n) is 8.83. The third kappa shape index (κ3) is 4.61. The number of rotatable bonds is 6. The van der Waals surface area contributed by atoms with Crippen molar-refractivity contribution in [3.05, 3.63) is 47.4 Å². The number of nitrogens with one attached hydrogen (secondary N) is 1. The molecule has 1 saturated heterocycles. The van der Waals surface area contributed by atoms with E-state index in [0.29, 0.717) is 5.15 Å². The Morgan fingerprint density at radius 3 is 2.60 bits per heavy atom. The lowest BCUT2D eigenvalue weighted by Crippen LogP contribution is -2.38. The van der Waals surface area contributed by atoms with Gasteiger partial charge in [-0.05, 0) is 31.4 Å². The lowest BCUT2D eigenvalue weighted by atomic mass is 9.96. The normalized spacial score (nSPS) is 15.6. The molecule has 2 heterocycles. The molecule has 0 spiro atoms. The highest BCUT2D eigenvalue weighted by atomic mass is 35.5. The van der Waals surface area contributed by atoms with Crippen LogP contribution in [0.2, 0.25) is 5.15 Å². The molecule has 0 unspecified atom stereocenters. The Hall–Kier alpha value is -1.85. The fourth-order valence-corrected chi connectivity index (χ4v) is 3.76. The molecule has 0 bridgehead atoms. The van der Waals surface area contributed by atoms with Gasteiger partial charge in [0, 0.05) is 33.2 Å². The van der Waals surface area contributed by atoms with Gasteiger partial charge in [-0.2, -0.15) is 0 Å². The van der Waals surface area contributed by atoms with Crippen LogP contribution in [0.4, 0.5) is 11.5 Å². The average Bonchev–Trinajstić information content (AvgIpc) is 2.63. The van der Waals surface area contributed by atoms with Crippen LogP contribution in [0.5, 0.6) is 0 Å². The standard InChI is InChI=1S/C19H26ClN5/c1-21-17-18(20)22-14-23-19(17)25-10-8-16(9-11-25)13-24(2)12-15-6-4-3-5-7-15/h3-7,14,16,21H,8-13H2,1-2H3. The summed E-state index contributed by atoms with van der Waals surface area (Å²) in [5.74, 6) is 1.64. The average molecular weight is 360 g/mol.